The highest BCUT2D eigenvalue weighted by atomic mass is 32.2. The molecule has 0 aliphatic heterocycles. The van der Waals surface area contributed by atoms with Crippen molar-refractivity contribution in [2.75, 3.05) is 12.3 Å². The van der Waals surface area contributed by atoms with Crippen LogP contribution < -0.4 is 11.1 Å². The lowest BCUT2D eigenvalue weighted by Crippen LogP contribution is -2.38. The van der Waals surface area contributed by atoms with Gasteiger partial charge in [0.25, 0.3) is 0 Å². The number of hydrogen-bond donors (Lipinski definition) is 2. The van der Waals surface area contributed by atoms with Crippen molar-refractivity contribution in [3.8, 4) is 0 Å². The van der Waals surface area contributed by atoms with E-state index in [0.717, 1.165) is 12.8 Å². The Morgan fingerprint density at radius 3 is 2.42 bits per heavy atom. The fourth-order valence-electron chi connectivity index (χ4n) is 1.53. The molecule has 1 amide bonds. The molecule has 0 aliphatic carbocycles. The van der Waals surface area contributed by atoms with Gasteiger partial charge in [-0.15, -0.1) is 0 Å². The second-order valence-corrected chi connectivity index (χ2v) is 6.67. The van der Waals surface area contributed by atoms with Gasteiger partial charge >= 0.3 is 0 Å². The molecule has 0 heterocycles. The van der Waals surface area contributed by atoms with E-state index < -0.39 is 21.0 Å². The first-order valence-electron chi connectivity index (χ1n) is 6.26. The molecule has 1 atom stereocenters. The van der Waals surface area contributed by atoms with Gasteiger partial charge in [-0.1, -0.05) is 13.3 Å². The Hall–Kier alpha value is -1.56. The SMILES string of the molecule is CCCCNC(=O)[C@H](C)S(=O)(=O)c1ccc(N)cc1. The predicted octanol–water partition coefficient (Wildman–Crippen LogP) is 1.35. The number of carbonyl (C=O) groups is 1. The van der Waals surface area contributed by atoms with E-state index in [1.54, 1.807) is 0 Å². The maximum Gasteiger partial charge on any atom is 0.238 e. The van der Waals surface area contributed by atoms with Crippen LogP contribution in [0.2, 0.25) is 0 Å². The fourth-order valence-corrected chi connectivity index (χ4v) is 2.82. The third kappa shape index (κ3) is 3.96. The van der Waals surface area contributed by atoms with E-state index in [-0.39, 0.29) is 4.90 Å². The first-order chi connectivity index (χ1) is 8.89. The molecule has 0 unspecified atom stereocenters. The summed E-state index contributed by atoms with van der Waals surface area (Å²) in [6.45, 7) is 3.89. The Balaban J connectivity index is 2.82. The molecule has 19 heavy (non-hydrogen) atoms. The molecule has 3 N–H and O–H groups in total. The molecular formula is C13H20N2O3S. The lowest BCUT2D eigenvalue weighted by Gasteiger charge is -2.13. The minimum atomic E-state index is -3.66. The van der Waals surface area contributed by atoms with Gasteiger partial charge in [0, 0.05) is 12.2 Å². The van der Waals surface area contributed by atoms with Crippen LogP contribution in [0.3, 0.4) is 0 Å². The number of rotatable bonds is 6. The number of anilines is 1. The van der Waals surface area contributed by atoms with Crippen LogP contribution in [0, 0.1) is 0 Å². The minimum Gasteiger partial charge on any atom is -0.399 e. The summed E-state index contributed by atoms with van der Waals surface area (Å²) in [5.41, 5.74) is 6.00. The monoisotopic (exact) mass is 284 g/mol. The number of nitrogens with one attached hydrogen (secondary N) is 1. The summed E-state index contributed by atoms with van der Waals surface area (Å²) < 4.78 is 24.4. The van der Waals surface area contributed by atoms with Crippen LogP contribution >= 0.6 is 0 Å². The molecule has 5 nitrogen and oxygen atoms in total. The Morgan fingerprint density at radius 1 is 1.32 bits per heavy atom. The second-order valence-electron chi connectivity index (χ2n) is 4.40. The van der Waals surface area contributed by atoms with E-state index in [2.05, 4.69) is 5.32 Å². The van der Waals surface area contributed by atoms with Gasteiger partial charge in [0.1, 0.15) is 5.25 Å². The van der Waals surface area contributed by atoms with Crippen molar-refractivity contribution in [1.29, 1.82) is 0 Å². The van der Waals surface area contributed by atoms with Crippen molar-refractivity contribution in [1.82, 2.24) is 5.32 Å². The Kier molecular flexibility index (Phi) is 5.35. The second kappa shape index (κ2) is 6.56. The van der Waals surface area contributed by atoms with Gasteiger partial charge in [0.05, 0.1) is 4.90 Å². The van der Waals surface area contributed by atoms with Crippen molar-refractivity contribution in [2.24, 2.45) is 0 Å². The lowest BCUT2D eigenvalue weighted by atomic mass is 10.3. The summed E-state index contributed by atoms with van der Waals surface area (Å²) in [5, 5.41) is 1.52. The number of unbranched alkanes of at least 4 members (excludes halogenated alkanes) is 1. The zero-order valence-corrected chi connectivity index (χ0v) is 12.0. The van der Waals surface area contributed by atoms with Crippen molar-refractivity contribution < 1.29 is 13.2 Å². The molecule has 0 spiro atoms. The van der Waals surface area contributed by atoms with Gasteiger partial charge in [-0.25, -0.2) is 8.42 Å². The Bertz CT molecular complexity index is 523. The first kappa shape index (κ1) is 15.5. The first-order valence-corrected chi connectivity index (χ1v) is 7.81. The normalized spacial score (nSPS) is 12.9. The minimum absolute atomic E-state index is 0.111. The molecule has 0 aromatic heterocycles. The van der Waals surface area contributed by atoms with Crippen molar-refractivity contribution in [3.63, 3.8) is 0 Å². The predicted molar refractivity (Wildman–Crippen MR) is 75.4 cm³/mol. The number of nitrogens with two attached hydrogens (primary N) is 1. The van der Waals surface area contributed by atoms with Gasteiger partial charge in [0.15, 0.2) is 9.84 Å². The van der Waals surface area contributed by atoms with Crippen molar-refractivity contribution in [3.05, 3.63) is 24.3 Å². The van der Waals surface area contributed by atoms with Crippen LogP contribution in [0.4, 0.5) is 5.69 Å². The standard InChI is InChI=1S/C13H20N2O3S/c1-3-4-9-15-13(16)10(2)19(17,18)12-7-5-11(14)6-8-12/h5-8,10H,3-4,9,14H2,1-2H3,(H,15,16)/t10-/m0/s1. The summed E-state index contributed by atoms with van der Waals surface area (Å²) in [5.74, 6) is -0.467. The van der Waals surface area contributed by atoms with E-state index in [9.17, 15) is 13.2 Å². The molecular weight excluding hydrogens is 264 g/mol. The number of amides is 1. The van der Waals surface area contributed by atoms with E-state index in [1.165, 1.54) is 31.2 Å². The molecule has 0 bridgehead atoms. The van der Waals surface area contributed by atoms with Gasteiger partial charge in [-0.05, 0) is 37.6 Å². The largest absolute Gasteiger partial charge is 0.399 e. The van der Waals surface area contributed by atoms with Crippen LogP contribution in [0.25, 0.3) is 0 Å². The summed E-state index contributed by atoms with van der Waals surface area (Å²) in [6.07, 6.45) is 1.78. The Morgan fingerprint density at radius 2 is 1.89 bits per heavy atom. The van der Waals surface area contributed by atoms with Crippen LogP contribution in [-0.4, -0.2) is 26.1 Å². The summed E-state index contributed by atoms with van der Waals surface area (Å²) in [7, 11) is -3.66. The van der Waals surface area contributed by atoms with E-state index in [4.69, 9.17) is 5.73 Å². The van der Waals surface area contributed by atoms with Crippen molar-refractivity contribution in [2.45, 2.75) is 36.8 Å². The number of nitrogen functional groups attached to an aromatic ring is 1. The van der Waals surface area contributed by atoms with Gasteiger partial charge in [0.2, 0.25) is 5.91 Å². The van der Waals surface area contributed by atoms with E-state index in [0.29, 0.717) is 12.2 Å². The van der Waals surface area contributed by atoms with Gasteiger partial charge in [-0.2, -0.15) is 0 Å². The number of benzene rings is 1. The highest BCUT2D eigenvalue weighted by molar-refractivity contribution is 7.92. The summed E-state index contributed by atoms with van der Waals surface area (Å²) in [4.78, 5) is 11.9. The van der Waals surface area contributed by atoms with E-state index >= 15 is 0 Å². The zero-order valence-electron chi connectivity index (χ0n) is 11.2. The molecule has 106 valence electrons. The average Bonchev–Trinajstić information content (AvgIpc) is 2.38. The smallest absolute Gasteiger partial charge is 0.238 e. The molecule has 0 saturated heterocycles. The zero-order chi connectivity index (χ0) is 14.5. The summed E-state index contributed by atoms with van der Waals surface area (Å²) >= 11 is 0. The van der Waals surface area contributed by atoms with Gasteiger partial charge < -0.3 is 11.1 Å². The topological polar surface area (TPSA) is 89.3 Å². The average molecular weight is 284 g/mol. The number of carbonyl (C=O) groups excluding carboxylic acids is 1. The van der Waals surface area contributed by atoms with Gasteiger partial charge in [-0.3, -0.25) is 4.79 Å². The molecule has 6 heteroatoms. The highest BCUT2D eigenvalue weighted by Crippen LogP contribution is 2.17. The fraction of sp³-hybridized carbons (Fsp3) is 0.462. The Labute approximate surface area is 114 Å². The molecule has 0 aliphatic rings. The van der Waals surface area contributed by atoms with Crippen LogP contribution in [0.1, 0.15) is 26.7 Å². The lowest BCUT2D eigenvalue weighted by molar-refractivity contribution is -0.120. The number of hydrogen-bond acceptors (Lipinski definition) is 4. The maximum absolute atomic E-state index is 12.2. The molecule has 1 aromatic carbocycles. The third-order valence-corrected chi connectivity index (χ3v) is 4.95. The van der Waals surface area contributed by atoms with Crippen molar-refractivity contribution >= 4 is 21.4 Å². The number of sulfone groups is 1. The maximum atomic E-state index is 12.2. The summed E-state index contributed by atoms with van der Waals surface area (Å²) in [6, 6.07) is 5.85. The van der Waals surface area contributed by atoms with Crippen LogP contribution in [0.15, 0.2) is 29.2 Å². The third-order valence-electron chi connectivity index (χ3n) is 2.87. The molecule has 0 saturated carbocycles. The highest BCUT2D eigenvalue weighted by Gasteiger charge is 2.29. The molecule has 1 aromatic rings. The van der Waals surface area contributed by atoms with Crippen LogP contribution in [0.5, 0.6) is 0 Å². The van der Waals surface area contributed by atoms with Crippen LogP contribution in [-0.2, 0) is 14.6 Å². The molecule has 0 fully saturated rings. The van der Waals surface area contributed by atoms with E-state index in [1.807, 2.05) is 6.92 Å². The molecule has 0 radical (unpaired) electrons. The molecule has 1 rings (SSSR count). The quantitative estimate of drug-likeness (QED) is 0.609.